The van der Waals surface area contributed by atoms with E-state index >= 15 is 0 Å². The van der Waals surface area contributed by atoms with Crippen molar-refractivity contribution in [3.63, 3.8) is 0 Å². The van der Waals surface area contributed by atoms with E-state index in [9.17, 15) is 8.42 Å². The number of rotatable bonds is 20. The third-order valence-electron chi connectivity index (χ3n) is 6.55. The zero-order valence-corrected chi connectivity index (χ0v) is 23.3. The van der Waals surface area contributed by atoms with Crippen LogP contribution in [-0.4, -0.2) is 39.7 Å². The van der Waals surface area contributed by atoms with Gasteiger partial charge in [0, 0.05) is 6.42 Å². The van der Waals surface area contributed by atoms with Crippen molar-refractivity contribution in [1.29, 1.82) is 0 Å². The molecule has 0 bridgehead atoms. The number of nitrogens with one attached hydrogen (secondary N) is 1. The molecule has 0 aliphatic rings. The second-order valence-corrected chi connectivity index (χ2v) is 12.8. The van der Waals surface area contributed by atoms with Crippen LogP contribution in [0.2, 0.25) is 5.02 Å². The first-order chi connectivity index (χ1) is 16.3. The van der Waals surface area contributed by atoms with Crippen molar-refractivity contribution >= 4 is 27.1 Å². The number of unbranched alkanes of at least 4 members (excludes halogenated alkanes) is 13. The Bertz CT molecular complexity index is 921. The van der Waals surface area contributed by atoms with Crippen molar-refractivity contribution < 1.29 is 8.42 Å². The third kappa shape index (κ3) is 10.7. The Labute approximate surface area is 212 Å². The summed E-state index contributed by atoms with van der Waals surface area (Å²) in [5, 5.41) is 8.16. The number of hydrogen-bond donors (Lipinski definition) is 1. The average Bonchev–Trinajstić information content (AvgIpc) is 3.32. The molecule has 0 fully saturated rings. The molecule has 34 heavy (non-hydrogen) atoms. The lowest BCUT2D eigenvalue weighted by Gasteiger charge is -2.05. The van der Waals surface area contributed by atoms with Gasteiger partial charge in [0.15, 0.2) is 11.5 Å². The molecule has 0 saturated carbocycles. The lowest BCUT2D eigenvalue weighted by molar-refractivity contribution is 0.537. The minimum atomic E-state index is -3.01. The van der Waals surface area contributed by atoms with Crippen LogP contribution >= 0.6 is 11.6 Å². The van der Waals surface area contributed by atoms with Crippen molar-refractivity contribution in [3.05, 3.63) is 16.5 Å². The van der Waals surface area contributed by atoms with Gasteiger partial charge in [0.25, 0.3) is 0 Å². The largest absolute Gasteiger partial charge is 0.279 e. The molecular weight excluding hydrogens is 468 g/mol. The fourth-order valence-electron chi connectivity index (χ4n) is 4.42. The summed E-state index contributed by atoms with van der Waals surface area (Å²) in [6, 6.07) is 0. The summed E-state index contributed by atoms with van der Waals surface area (Å²) in [7, 11) is -3.01. The quantitative estimate of drug-likeness (QED) is 0.184. The number of H-pyrrole nitrogens is 1. The standard InChI is InChI=1S/C26H47ClN4O2S/c1-4-5-6-7-8-9-10-11-12-13-14-15-16-17-20-34(32,33)21-18-19-23-28-26-24(27)25(22(2)3)30-31(26)29-23/h22,30H,4-21H2,1-3H3. The Kier molecular flexibility index (Phi) is 13.6. The molecule has 0 saturated heterocycles. The SMILES string of the molecule is CCCCCCCCCCCCCCCCS(=O)(=O)CCCc1nc2c(Cl)c(C(C)C)[nH]n2n1. The predicted molar refractivity (Wildman–Crippen MR) is 144 cm³/mol. The van der Waals surface area contributed by atoms with Crippen molar-refractivity contribution in [2.75, 3.05) is 11.5 Å². The Morgan fingerprint density at radius 3 is 1.82 bits per heavy atom. The third-order valence-corrected chi connectivity index (χ3v) is 8.75. The topological polar surface area (TPSA) is 80.1 Å². The van der Waals surface area contributed by atoms with Gasteiger partial charge in [0.05, 0.1) is 17.2 Å². The van der Waals surface area contributed by atoms with E-state index in [1.165, 1.54) is 70.6 Å². The first kappa shape index (κ1) is 29.2. The number of fused-ring (bicyclic) bond motifs is 1. The Hall–Kier alpha value is -1.08. The van der Waals surface area contributed by atoms with E-state index in [1.807, 2.05) is 0 Å². The van der Waals surface area contributed by atoms with E-state index in [4.69, 9.17) is 11.6 Å². The second-order valence-electron chi connectivity index (χ2n) is 10.1. The number of hydrogen-bond acceptors (Lipinski definition) is 4. The molecule has 0 spiro atoms. The van der Waals surface area contributed by atoms with E-state index in [0.717, 1.165) is 25.0 Å². The van der Waals surface area contributed by atoms with Crippen molar-refractivity contribution in [2.24, 2.45) is 0 Å². The monoisotopic (exact) mass is 514 g/mol. The lowest BCUT2D eigenvalue weighted by atomic mass is 10.0. The summed E-state index contributed by atoms with van der Waals surface area (Å²) < 4.78 is 26.3. The van der Waals surface area contributed by atoms with Crippen LogP contribution in [0.1, 0.15) is 135 Å². The number of halogens is 1. The van der Waals surface area contributed by atoms with E-state index in [0.29, 0.717) is 35.1 Å². The van der Waals surface area contributed by atoms with Crippen molar-refractivity contribution in [1.82, 2.24) is 19.8 Å². The summed E-state index contributed by atoms with van der Waals surface area (Å²) >= 11 is 6.37. The number of nitrogens with zero attached hydrogens (tertiary/aromatic N) is 3. The molecule has 0 atom stereocenters. The van der Waals surface area contributed by atoms with Crippen molar-refractivity contribution in [3.8, 4) is 0 Å². The van der Waals surface area contributed by atoms with Crippen molar-refractivity contribution in [2.45, 2.75) is 129 Å². The minimum absolute atomic E-state index is 0.198. The molecule has 2 aromatic heterocycles. The number of sulfone groups is 1. The summed E-state index contributed by atoms with van der Waals surface area (Å²) in [5.41, 5.74) is 1.53. The van der Waals surface area contributed by atoms with Gasteiger partial charge in [-0.15, -0.1) is 5.10 Å². The van der Waals surface area contributed by atoms with Gasteiger partial charge in [-0.05, 0) is 18.8 Å². The van der Waals surface area contributed by atoms with Gasteiger partial charge in [-0.25, -0.2) is 13.4 Å². The maximum Gasteiger partial charge on any atom is 0.194 e. The van der Waals surface area contributed by atoms with E-state index in [-0.39, 0.29) is 11.7 Å². The maximum absolute atomic E-state index is 12.4. The van der Waals surface area contributed by atoms with Gasteiger partial charge in [-0.2, -0.15) is 4.63 Å². The highest BCUT2D eigenvalue weighted by Crippen LogP contribution is 2.26. The highest BCUT2D eigenvalue weighted by Gasteiger charge is 2.17. The number of aromatic nitrogens is 4. The van der Waals surface area contributed by atoms with Crippen LogP contribution in [0.4, 0.5) is 0 Å². The second kappa shape index (κ2) is 15.8. The van der Waals surface area contributed by atoms with Gasteiger partial charge >= 0.3 is 0 Å². The summed E-state index contributed by atoms with van der Waals surface area (Å²) in [5.74, 6) is 1.39. The smallest absolute Gasteiger partial charge is 0.194 e. The van der Waals surface area contributed by atoms with Gasteiger partial charge < -0.3 is 0 Å². The minimum Gasteiger partial charge on any atom is -0.279 e. The first-order valence-corrected chi connectivity index (χ1v) is 15.9. The first-order valence-electron chi connectivity index (χ1n) is 13.7. The Morgan fingerprint density at radius 2 is 1.32 bits per heavy atom. The highest BCUT2D eigenvalue weighted by atomic mass is 35.5. The van der Waals surface area contributed by atoms with Crippen LogP contribution in [0.5, 0.6) is 0 Å². The molecule has 6 nitrogen and oxygen atoms in total. The lowest BCUT2D eigenvalue weighted by Crippen LogP contribution is -2.12. The zero-order valence-electron chi connectivity index (χ0n) is 21.7. The maximum atomic E-state index is 12.4. The van der Waals surface area contributed by atoms with Crippen LogP contribution < -0.4 is 0 Å². The van der Waals surface area contributed by atoms with Gasteiger partial charge in [0.1, 0.15) is 14.9 Å². The molecule has 0 aliphatic carbocycles. The Balaban J connectivity index is 1.48. The molecule has 0 aromatic carbocycles. The highest BCUT2D eigenvalue weighted by molar-refractivity contribution is 7.91. The molecule has 2 aromatic rings. The van der Waals surface area contributed by atoms with Crippen LogP contribution in [0.15, 0.2) is 0 Å². The molecule has 196 valence electrons. The number of aryl methyl sites for hydroxylation is 1. The fourth-order valence-corrected chi connectivity index (χ4v) is 6.23. The predicted octanol–water partition coefficient (Wildman–Crippen LogP) is 7.66. The van der Waals surface area contributed by atoms with E-state index in [2.05, 4.69) is 36.0 Å². The van der Waals surface area contributed by atoms with Crippen LogP contribution in [0, 0.1) is 0 Å². The van der Waals surface area contributed by atoms with Crippen LogP contribution in [0.25, 0.3) is 5.65 Å². The van der Waals surface area contributed by atoms with E-state index < -0.39 is 9.84 Å². The number of aromatic amines is 1. The van der Waals surface area contributed by atoms with Crippen LogP contribution in [-0.2, 0) is 16.3 Å². The molecular formula is C26H47ClN4O2S. The van der Waals surface area contributed by atoms with Crippen LogP contribution in [0.3, 0.4) is 0 Å². The molecule has 0 unspecified atom stereocenters. The molecule has 0 aliphatic heterocycles. The molecule has 1 N–H and O–H groups in total. The summed E-state index contributed by atoms with van der Waals surface area (Å²) in [6.45, 7) is 6.38. The van der Waals surface area contributed by atoms with Gasteiger partial charge in [0.2, 0.25) is 0 Å². The normalized spacial score (nSPS) is 12.4. The zero-order chi connectivity index (χ0) is 24.8. The van der Waals surface area contributed by atoms with Gasteiger partial charge in [-0.1, -0.05) is 116 Å². The molecule has 0 amide bonds. The molecule has 2 rings (SSSR count). The summed E-state index contributed by atoms with van der Waals surface area (Å²) in [6.07, 6.45) is 18.9. The summed E-state index contributed by atoms with van der Waals surface area (Å²) in [4.78, 5) is 4.47. The van der Waals surface area contributed by atoms with Gasteiger partial charge in [-0.3, -0.25) is 5.10 Å². The fraction of sp³-hybridized carbons (Fsp3) is 0.846. The van der Waals surface area contributed by atoms with E-state index in [1.54, 1.807) is 4.63 Å². The average molecular weight is 515 g/mol. The molecule has 8 heteroatoms. The molecule has 0 radical (unpaired) electrons. The molecule has 2 heterocycles. The Morgan fingerprint density at radius 1 is 0.824 bits per heavy atom.